The lowest BCUT2D eigenvalue weighted by atomic mass is 9.99. The summed E-state index contributed by atoms with van der Waals surface area (Å²) >= 11 is 0. The molecule has 0 radical (unpaired) electrons. The second-order valence-electron chi connectivity index (χ2n) is 8.03. The summed E-state index contributed by atoms with van der Waals surface area (Å²) in [7, 11) is 1.31. The summed E-state index contributed by atoms with van der Waals surface area (Å²) in [5.41, 5.74) is 0.481. The number of amides is 2. The molecule has 1 fully saturated rings. The van der Waals surface area contributed by atoms with Crippen LogP contribution in [-0.4, -0.2) is 54.0 Å². The average molecular weight is 404 g/mol. The highest BCUT2D eigenvalue weighted by atomic mass is 16.6. The van der Waals surface area contributed by atoms with Crippen molar-refractivity contribution in [3.05, 3.63) is 35.4 Å². The van der Waals surface area contributed by atoms with E-state index in [0.29, 0.717) is 5.56 Å². The van der Waals surface area contributed by atoms with E-state index in [0.717, 1.165) is 5.56 Å². The highest BCUT2D eigenvalue weighted by Crippen LogP contribution is 2.21. The van der Waals surface area contributed by atoms with Crippen molar-refractivity contribution in [2.45, 2.75) is 58.2 Å². The summed E-state index contributed by atoms with van der Waals surface area (Å²) in [5.74, 6) is -0.935. The fraction of sp³-hybridized carbons (Fsp3) is 0.524. The van der Waals surface area contributed by atoms with E-state index in [-0.39, 0.29) is 31.2 Å². The number of piperidine rings is 1. The van der Waals surface area contributed by atoms with Crippen molar-refractivity contribution < 1.29 is 28.7 Å². The third-order valence-electron chi connectivity index (χ3n) is 4.55. The van der Waals surface area contributed by atoms with Gasteiger partial charge in [-0.05, 0) is 45.4 Å². The van der Waals surface area contributed by atoms with Gasteiger partial charge in [-0.3, -0.25) is 14.5 Å². The van der Waals surface area contributed by atoms with E-state index in [9.17, 15) is 19.2 Å². The van der Waals surface area contributed by atoms with Crippen LogP contribution in [0.3, 0.4) is 0 Å². The second-order valence-corrected chi connectivity index (χ2v) is 8.03. The number of Topliss-reactive ketones (excluding diaryl/α,β-unsaturated/α-hetero) is 1. The van der Waals surface area contributed by atoms with Gasteiger partial charge in [0.05, 0.1) is 18.7 Å². The van der Waals surface area contributed by atoms with Gasteiger partial charge < -0.3 is 14.8 Å². The minimum absolute atomic E-state index is 0.0426. The van der Waals surface area contributed by atoms with Crippen LogP contribution in [0.5, 0.6) is 0 Å². The number of hydrogen-bond acceptors (Lipinski definition) is 6. The summed E-state index contributed by atoms with van der Waals surface area (Å²) in [6.45, 7) is 7.17. The van der Waals surface area contributed by atoms with E-state index in [1.807, 2.05) is 0 Å². The van der Waals surface area contributed by atoms with Crippen LogP contribution in [0.25, 0.3) is 0 Å². The number of ether oxygens (including phenoxy) is 2. The molecular weight excluding hydrogens is 376 g/mol. The van der Waals surface area contributed by atoms with Crippen molar-refractivity contribution in [1.82, 2.24) is 10.2 Å². The van der Waals surface area contributed by atoms with E-state index in [1.54, 1.807) is 52.0 Å². The molecule has 0 aliphatic carbocycles. The number of esters is 1. The van der Waals surface area contributed by atoms with Gasteiger partial charge in [0, 0.05) is 19.4 Å². The number of nitrogens with one attached hydrogen (secondary N) is 1. The third kappa shape index (κ3) is 6.04. The Balaban J connectivity index is 2.10. The summed E-state index contributed by atoms with van der Waals surface area (Å²) in [6.07, 6.45) is -0.452. The molecule has 1 N–H and O–H groups in total. The topological polar surface area (TPSA) is 102 Å². The van der Waals surface area contributed by atoms with E-state index in [1.165, 1.54) is 12.0 Å². The molecule has 1 saturated heterocycles. The lowest BCUT2D eigenvalue weighted by molar-refractivity contribution is -0.134. The number of carbonyl (C=O) groups is 4. The maximum absolute atomic E-state index is 12.8. The molecule has 8 nitrogen and oxygen atoms in total. The SMILES string of the molecule is COC(=O)c1ccc([C@H](C)NC(=O)C2CC(=O)CCN2C(=O)OC(C)(C)C)cc1. The predicted octanol–water partition coefficient (Wildman–Crippen LogP) is 2.62. The van der Waals surface area contributed by atoms with E-state index >= 15 is 0 Å². The van der Waals surface area contributed by atoms with E-state index in [4.69, 9.17) is 4.74 Å². The summed E-state index contributed by atoms with van der Waals surface area (Å²) < 4.78 is 10.0. The minimum atomic E-state index is -0.914. The minimum Gasteiger partial charge on any atom is -0.465 e. The zero-order chi connectivity index (χ0) is 21.8. The van der Waals surface area contributed by atoms with Gasteiger partial charge in [0.2, 0.25) is 5.91 Å². The van der Waals surface area contributed by atoms with Crippen molar-refractivity contribution in [2.75, 3.05) is 13.7 Å². The molecule has 1 heterocycles. The molecule has 158 valence electrons. The molecule has 29 heavy (non-hydrogen) atoms. The van der Waals surface area contributed by atoms with E-state index < -0.39 is 29.6 Å². The molecular formula is C21H28N2O6. The molecule has 1 aromatic carbocycles. The van der Waals surface area contributed by atoms with Crippen molar-refractivity contribution in [3.63, 3.8) is 0 Å². The molecule has 2 rings (SSSR count). The Bertz CT molecular complexity index is 781. The van der Waals surface area contributed by atoms with Crippen LogP contribution in [0.2, 0.25) is 0 Å². The molecule has 0 bridgehead atoms. The highest BCUT2D eigenvalue weighted by molar-refractivity contribution is 5.93. The monoisotopic (exact) mass is 404 g/mol. The van der Waals surface area contributed by atoms with Gasteiger partial charge in [0.25, 0.3) is 0 Å². The van der Waals surface area contributed by atoms with Gasteiger partial charge >= 0.3 is 12.1 Å². The molecule has 8 heteroatoms. The molecule has 0 saturated carbocycles. The summed E-state index contributed by atoms with van der Waals surface area (Å²) in [4.78, 5) is 50.1. The number of likely N-dealkylation sites (tertiary alicyclic amines) is 1. The second kappa shape index (κ2) is 9.07. The van der Waals surface area contributed by atoms with Crippen molar-refractivity contribution in [1.29, 1.82) is 0 Å². The van der Waals surface area contributed by atoms with Gasteiger partial charge in [-0.2, -0.15) is 0 Å². The molecule has 0 aromatic heterocycles. The first-order valence-electron chi connectivity index (χ1n) is 9.52. The molecule has 1 aliphatic rings. The first kappa shape index (κ1) is 22.4. The number of benzene rings is 1. The van der Waals surface area contributed by atoms with Gasteiger partial charge in [-0.1, -0.05) is 12.1 Å². The first-order chi connectivity index (χ1) is 13.5. The molecule has 1 unspecified atom stereocenters. The Hall–Kier alpha value is -2.90. The van der Waals surface area contributed by atoms with Gasteiger partial charge in [0.15, 0.2) is 0 Å². The first-order valence-corrected chi connectivity index (χ1v) is 9.52. The van der Waals surface area contributed by atoms with Crippen LogP contribution in [0.1, 0.15) is 62.5 Å². The lowest BCUT2D eigenvalue weighted by Gasteiger charge is -2.35. The molecule has 1 aliphatic heterocycles. The fourth-order valence-corrected chi connectivity index (χ4v) is 3.02. The maximum Gasteiger partial charge on any atom is 0.410 e. The van der Waals surface area contributed by atoms with Crippen LogP contribution in [0.4, 0.5) is 4.79 Å². The Morgan fingerprint density at radius 1 is 1.17 bits per heavy atom. The van der Waals surface area contributed by atoms with Gasteiger partial charge in [0.1, 0.15) is 17.4 Å². The number of rotatable bonds is 4. The van der Waals surface area contributed by atoms with Crippen LogP contribution >= 0.6 is 0 Å². The quantitative estimate of drug-likeness (QED) is 0.774. The van der Waals surface area contributed by atoms with Crippen molar-refractivity contribution in [3.8, 4) is 0 Å². The molecule has 2 atom stereocenters. The largest absolute Gasteiger partial charge is 0.465 e. The summed E-state index contributed by atoms with van der Waals surface area (Å²) in [5, 5.41) is 2.84. The van der Waals surface area contributed by atoms with Gasteiger partial charge in [-0.15, -0.1) is 0 Å². The summed E-state index contributed by atoms with van der Waals surface area (Å²) in [6, 6.07) is 5.36. The Morgan fingerprint density at radius 3 is 2.34 bits per heavy atom. The number of ketones is 1. The number of nitrogens with zero attached hydrogens (tertiary/aromatic N) is 1. The normalized spacial score (nSPS) is 18.0. The number of methoxy groups -OCH3 is 1. The van der Waals surface area contributed by atoms with Crippen molar-refractivity contribution in [2.24, 2.45) is 0 Å². The Labute approximate surface area is 170 Å². The average Bonchev–Trinajstić information content (AvgIpc) is 2.65. The van der Waals surface area contributed by atoms with Crippen LogP contribution in [-0.2, 0) is 19.1 Å². The predicted molar refractivity (Wildman–Crippen MR) is 105 cm³/mol. The zero-order valence-electron chi connectivity index (χ0n) is 17.5. The Morgan fingerprint density at radius 2 is 1.79 bits per heavy atom. The Kier molecular flexibility index (Phi) is 7.00. The zero-order valence-corrected chi connectivity index (χ0v) is 17.5. The van der Waals surface area contributed by atoms with Crippen LogP contribution in [0.15, 0.2) is 24.3 Å². The number of carbonyl (C=O) groups excluding carboxylic acids is 4. The van der Waals surface area contributed by atoms with E-state index in [2.05, 4.69) is 10.1 Å². The third-order valence-corrected chi connectivity index (χ3v) is 4.55. The van der Waals surface area contributed by atoms with Crippen LogP contribution < -0.4 is 5.32 Å². The standard InChI is InChI=1S/C21H28N2O6/c1-13(14-6-8-15(9-7-14)19(26)28-5)22-18(25)17-12-16(24)10-11-23(17)20(27)29-21(2,3)4/h6-9,13,17H,10-12H2,1-5H3,(H,22,25)/t13-,17?/m0/s1. The van der Waals surface area contributed by atoms with Crippen LogP contribution in [0, 0.1) is 0 Å². The fourth-order valence-electron chi connectivity index (χ4n) is 3.02. The highest BCUT2D eigenvalue weighted by Gasteiger charge is 2.38. The lowest BCUT2D eigenvalue weighted by Crippen LogP contribution is -2.55. The number of hydrogen-bond donors (Lipinski definition) is 1. The van der Waals surface area contributed by atoms with Gasteiger partial charge in [-0.25, -0.2) is 9.59 Å². The van der Waals surface area contributed by atoms with Crippen molar-refractivity contribution >= 4 is 23.8 Å². The molecule has 1 aromatic rings. The molecule has 0 spiro atoms. The smallest absolute Gasteiger partial charge is 0.410 e. The molecule has 2 amide bonds. The maximum atomic E-state index is 12.8.